The van der Waals surface area contributed by atoms with Gasteiger partial charge < -0.3 is 5.11 Å². The fourth-order valence-corrected chi connectivity index (χ4v) is 6.38. The molecule has 3 fully saturated rings. The molecular weight excluding hydrogens is 268 g/mol. The molecular formula is C21H38O. The molecule has 0 radical (unpaired) electrons. The molecule has 3 rings (SSSR count). The van der Waals surface area contributed by atoms with Crippen LogP contribution >= 0.6 is 0 Å². The van der Waals surface area contributed by atoms with E-state index in [9.17, 15) is 5.11 Å². The highest BCUT2D eigenvalue weighted by atomic mass is 16.3. The zero-order chi connectivity index (χ0) is 15.8. The average molecular weight is 307 g/mol. The largest absolute Gasteiger partial charge is 0.393 e. The van der Waals surface area contributed by atoms with Gasteiger partial charge in [-0.25, -0.2) is 0 Å². The normalized spacial score (nSPS) is 42.0. The van der Waals surface area contributed by atoms with E-state index in [2.05, 4.69) is 20.8 Å². The van der Waals surface area contributed by atoms with E-state index in [-0.39, 0.29) is 6.10 Å². The lowest BCUT2D eigenvalue weighted by Crippen LogP contribution is -2.51. The summed E-state index contributed by atoms with van der Waals surface area (Å²) in [6.07, 6.45) is 16.3. The molecule has 3 aliphatic carbocycles. The Morgan fingerprint density at radius 2 is 1.05 bits per heavy atom. The van der Waals surface area contributed by atoms with Crippen molar-refractivity contribution in [3.8, 4) is 0 Å². The topological polar surface area (TPSA) is 20.2 Å². The van der Waals surface area contributed by atoms with Crippen molar-refractivity contribution in [2.75, 3.05) is 0 Å². The third-order valence-electron chi connectivity index (χ3n) is 7.92. The Hall–Kier alpha value is -0.0400. The van der Waals surface area contributed by atoms with E-state index in [4.69, 9.17) is 0 Å². The van der Waals surface area contributed by atoms with Gasteiger partial charge in [-0.1, -0.05) is 59.3 Å². The number of hydrogen-bond donors (Lipinski definition) is 1. The van der Waals surface area contributed by atoms with Crippen LogP contribution in [-0.4, -0.2) is 11.2 Å². The molecule has 0 aromatic heterocycles. The Labute approximate surface area is 138 Å². The van der Waals surface area contributed by atoms with Crippen LogP contribution in [0.15, 0.2) is 0 Å². The fraction of sp³-hybridized carbons (Fsp3) is 1.00. The maximum Gasteiger partial charge on any atom is 0.0607 e. The van der Waals surface area contributed by atoms with Crippen LogP contribution < -0.4 is 0 Å². The van der Waals surface area contributed by atoms with Crippen LogP contribution in [0, 0.1) is 28.6 Å². The zero-order valence-corrected chi connectivity index (χ0v) is 15.2. The molecule has 0 saturated heterocycles. The molecule has 0 spiro atoms. The quantitative estimate of drug-likeness (QED) is 0.668. The third-order valence-corrected chi connectivity index (χ3v) is 7.92. The molecule has 0 amide bonds. The molecule has 0 aromatic rings. The first kappa shape index (κ1) is 16.8. The van der Waals surface area contributed by atoms with Crippen LogP contribution in [0.2, 0.25) is 0 Å². The van der Waals surface area contributed by atoms with Crippen LogP contribution in [0.1, 0.15) is 97.8 Å². The Morgan fingerprint density at radius 1 is 0.682 bits per heavy atom. The standard InChI is InChI=1S/C21H38O/c1-16-14-17(20(2)10-6-4-7-11-20)19(22)18(15-16)21(3)12-8-5-9-13-21/h16-19,22H,4-15H2,1-3H3. The van der Waals surface area contributed by atoms with Crippen LogP contribution in [0.5, 0.6) is 0 Å². The molecule has 3 aliphatic rings. The van der Waals surface area contributed by atoms with Gasteiger partial charge in [0, 0.05) is 0 Å². The molecule has 2 unspecified atom stereocenters. The predicted octanol–water partition coefficient (Wildman–Crippen LogP) is 5.95. The van der Waals surface area contributed by atoms with Crippen molar-refractivity contribution in [1.29, 1.82) is 0 Å². The molecule has 2 atom stereocenters. The van der Waals surface area contributed by atoms with Crippen molar-refractivity contribution in [1.82, 2.24) is 0 Å². The van der Waals surface area contributed by atoms with Crippen LogP contribution in [0.4, 0.5) is 0 Å². The summed E-state index contributed by atoms with van der Waals surface area (Å²) in [5, 5.41) is 11.4. The van der Waals surface area contributed by atoms with Gasteiger partial charge in [0.15, 0.2) is 0 Å². The maximum absolute atomic E-state index is 11.4. The summed E-state index contributed by atoms with van der Waals surface area (Å²) in [6.45, 7) is 7.45. The molecule has 22 heavy (non-hydrogen) atoms. The third kappa shape index (κ3) is 3.12. The van der Waals surface area contributed by atoms with Crippen LogP contribution in [0.25, 0.3) is 0 Å². The lowest BCUT2D eigenvalue weighted by Gasteiger charge is -2.54. The van der Waals surface area contributed by atoms with Crippen LogP contribution in [0.3, 0.4) is 0 Å². The first-order chi connectivity index (χ1) is 10.4. The van der Waals surface area contributed by atoms with Gasteiger partial charge in [0.2, 0.25) is 0 Å². The highest BCUT2D eigenvalue weighted by molar-refractivity contribution is 5.00. The number of hydrogen-bond acceptors (Lipinski definition) is 1. The van der Waals surface area contributed by atoms with Crippen molar-refractivity contribution in [2.24, 2.45) is 28.6 Å². The second-order valence-corrected chi connectivity index (χ2v) is 9.71. The van der Waals surface area contributed by atoms with E-state index in [1.165, 1.54) is 77.0 Å². The molecule has 0 aromatic carbocycles. The van der Waals surface area contributed by atoms with Gasteiger partial charge in [-0.05, 0) is 67.1 Å². The Bertz CT molecular complexity index is 328. The smallest absolute Gasteiger partial charge is 0.0607 e. The summed E-state index contributed by atoms with van der Waals surface area (Å²) in [5.41, 5.74) is 0.825. The molecule has 1 N–H and O–H groups in total. The van der Waals surface area contributed by atoms with Gasteiger partial charge in [0.1, 0.15) is 0 Å². The Kier molecular flexibility index (Phi) is 4.93. The zero-order valence-electron chi connectivity index (χ0n) is 15.2. The summed E-state index contributed by atoms with van der Waals surface area (Å²) in [4.78, 5) is 0. The molecule has 0 aliphatic heterocycles. The number of aliphatic hydroxyl groups is 1. The van der Waals surface area contributed by atoms with E-state index in [0.717, 1.165) is 5.92 Å². The highest BCUT2D eigenvalue weighted by Crippen LogP contribution is 2.56. The second kappa shape index (κ2) is 6.46. The molecule has 128 valence electrons. The summed E-state index contributed by atoms with van der Waals surface area (Å²) in [7, 11) is 0. The highest BCUT2D eigenvalue weighted by Gasteiger charge is 2.50. The minimum atomic E-state index is -0.0394. The molecule has 3 saturated carbocycles. The monoisotopic (exact) mass is 306 g/mol. The van der Waals surface area contributed by atoms with Gasteiger partial charge in [0.25, 0.3) is 0 Å². The van der Waals surface area contributed by atoms with Crippen molar-refractivity contribution >= 4 is 0 Å². The van der Waals surface area contributed by atoms with Crippen LogP contribution in [-0.2, 0) is 0 Å². The van der Waals surface area contributed by atoms with Gasteiger partial charge in [-0.15, -0.1) is 0 Å². The minimum absolute atomic E-state index is 0.0394. The minimum Gasteiger partial charge on any atom is -0.393 e. The van der Waals surface area contributed by atoms with E-state index < -0.39 is 0 Å². The predicted molar refractivity (Wildman–Crippen MR) is 93.8 cm³/mol. The first-order valence-electron chi connectivity index (χ1n) is 10.1. The van der Waals surface area contributed by atoms with E-state index in [1.807, 2.05) is 0 Å². The molecule has 0 bridgehead atoms. The van der Waals surface area contributed by atoms with Crippen molar-refractivity contribution < 1.29 is 5.11 Å². The number of rotatable bonds is 2. The van der Waals surface area contributed by atoms with E-state index >= 15 is 0 Å². The lowest BCUT2D eigenvalue weighted by atomic mass is 9.53. The van der Waals surface area contributed by atoms with Gasteiger partial charge in [0.05, 0.1) is 6.10 Å². The summed E-state index contributed by atoms with van der Waals surface area (Å²) in [5.74, 6) is 1.91. The van der Waals surface area contributed by atoms with E-state index in [0.29, 0.717) is 22.7 Å². The average Bonchev–Trinajstić information content (AvgIpc) is 2.50. The van der Waals surface area contributed by atoms with E-state index in [1.54, 1.807) is 0 Å². The molecule has 0 heterocycles. The molecule has 1 nitrogen and oxygen atoms in total. The molecule has 1 heteroatoms. The number of aliphatic hydroxyl groups excluding tert-OH is 1. The SMILES string of the molecule is CC1CC(C2(C)CCCCC2)C(O)C(C2(C)CCCCC2)C1. The van der Waals surface area contributed by atoms with Crippen molar-refractivity contribution in [3.63, 3.8) is 0 Å². The van der Waals surface area contributed by atoms with Gasteiger partial charge >= 0.3 is 0 Å². The first-order valence-corrected chi connectivity index (χ1v) is 10.1. The Balaban J connectivity index is 1.80. The fourth-order valence-electron chi connectivity index (χ4n) is 6.38. The van der Waals surface area contributed by atoms with Crippen molar-refractivity contribution in [2.45, 2.75) is 104 Å². The summed E-state index contributed by atoms with van der Waals surface area (Å²) >= 11 is 0. The maximum atomic E-state index is 11.4. The lowest BCUT2D eigenvalue weighted by molar-refractivity contribution is -0.112. The summed E-state index contributed by atoms with van der Waals surface area (Å²) in [6, 6.07) is 0. The summed E-state index contributed by atoms with van der Waals surface area (Å²) < 4.78 is 0. The van der Waals surface area contributed by atoms with Crippen molar-refractivity contribution in [3.05, 3.63) is 0 Å². The Morgan fingerprint density at radius 3 is 1.41 bits per heavy atom. The van der Waals surface area contributed by atoms with Gasteiger partial charge in [-0.3, -0.25) is 0 Å². The second-order valence-electron chi connectivity index (χ2n) is 9.71. The van der Waals surface area contributed by atoms with Gasteiger partial charge in [-0.2, -0.15) is 0 Å².